The molecule has 0 heterocycles. The van der Waals surface area contributed by atoms with Crippen LogP contribution in [0.2, 0.25) is 20.1 Å². The summed E-state index contributed by atoms with van der Waals surface area (Å²) in [6.07, 6.45) is 7.36. The molecule has 0 radical (unpaired) electrons. The van der Waals surface area contributed by atoms with Crippen molar-refractivity contribution in [2.24, 2.45) is 0 Å². The van der Waals surface area contributed by atoms with Gasteiger partial charge in [0.2, 0.25) is 0 Å². The molecule has 0 bridgehead atoms. The third kappa shape index (κ3) is 7.63. The van der Waals surface area contributed by atoms with E-state index in [4.69, 9.17) is 75.6 Å². The maximum absolute atomic E-state index is 6.40. The summed E-state index contributed by atoms with van der Waals surface area (Å²) in [5.74, 6) is 0.804. The van der Waals surface area contributed by atoms with Gasteiger partial charge in [-0.1, -0.05) is 110 Å². The fraction of sp³-hybridized carbons (Fsp3) is 0.364. The monoisotopic (exact) mass is 553 g/mol. The second-order valence-electron chi connectivity index (χ2n) is 6.91. The molecular formula is C22H23Cl4NOS3. The van der Waals surface area contributed by atoms with Crippen molar-refractivity contribution < 1.29 is 4.74 Å². The maximum Gasteiger partial charge on any atom is 0.119 e. The first-order valence-corrected chi connectivity index (χ1v) is 12.7. The SMILES string of the molecule is CCCCCCCCOc1ccc(NC(=S)c2c(Cl)c(Cl)c(Cl)c(Cl)c2C(=S)S)cc1. The molecule has 0 spiro atoms. The first-order chi connectivity index (χ1) is 14.8. The molecule has 0 fully saturated rings. The van der Waals surface area contributed by atoms with E-state index in [1.54, 1.807) is 0 Å². The standard InChI is InChI=1S/C22H23Cl4NOS3/c1-2-3-4-5-6-7-12-28-14-10-8-13(9-11-14)27-21(29)15-16(22(30)31)18(24)20(26)19(25)17(15)23/h8-11H,2-7,12H2,1H3,(H,27,29)(H,30,31). The maximum atomic E-state index is 6.40. The van der Waals surface area contributed by atoms with E-state index in [-0.39, 0.29) is 24.3 Å². The van der Waals surface area contributed by atoms with E-state index in [0.29, 0.717) is 22.7 Å². The zero-order chi connectivity index (χ0) is 23.0. The number of thiol groups is 1. The van der Waals surface area contributed by atoms with E-state index in [9.17, 15) is 0 Å². The number of anilines is 1. The van der Waals surface area contributed by atoms with E-state index in [2.05, 4.69) is 24.9 Å². The average Bonchev–Trinajstić information content (AvgIpc) is 2.74. The number of hydrogen-bond donors (Lipinski definition) is 2. The van der Waals surface area contributed by atoms with E-state index in [1.165, 1.54) is 32.1 Å². The Kier molecular flexibility index (Phi) is 11.7. The van der Waals surface area contributed by atoms with Gasteiger partial charge in [-0.25, -0.2) is 0 Å². The highest BCUT2D eigenvalue weighted by Gasteiger charge is 2.24. The van der Waals surface area contributed by atoms with Gasteiger partial charge in [0.1, 0.15) is 10.7 Å². The normalized spacial score (nSPS) is 10.8. The summed E-state index contributed by atoms with van der Waals surface area (Å²) in [7, 11) is 0. The Hall–Kier alpha value is -0.270. The van der Waals surface area contributed by atoms with E-state index in [0.717, 1.165) is 17.9 Å². The molecule has 0 saturated carbocycles. The van der Waals surface area contributed by atoms with Crippen LogP contribution < -0.4 is 10.1 Å². The molecule has 2 rings (SSSR count). The third-order valence-corrected chi connectivity index (χ3v) is 7.12. The lowest BCUT2D eigenvalue weighted by Gasteiger charge is -2.17. The van der Waals surface area contributed by atoms with Crippen molar-refractivity contribution in [3.63, 3.8) is 0 Å². The van der Waals surface area contributed by atoms with Gasteiger partial charge in [-0.3, -0.25) is 0 Å². The van der Waals surface area contributed by atoms with Crippen molar-refractivity contribution in [3.05, 3.63) is 55.5 Å². The molecule has 0 aliphatic carbocycles. The minimum absolute atomic E-state index is 0.109. The number of halogens is 4. The number of benzene rings is 2. The molecule has 0 amide bonds. The molecule has 31 heavy (non-hydrogen) atoms. The number of hydrogen-bond acceptors (Lipinski definition) is 3. The number of rotatable bonds is 11. The van der Waals surface area contributed by atoms with Crippen molar-refractivity contribution in [2.75, 3.05) is 11.9 Å². The fourth-order valence-electron chi connectivity index (χ4n) is 2.95. The second kappa shape index (κ2) is 13.4. The van der Waals surface area contributed by atoms with Crippen LogP contribution in [-0.4, -0.2) is 15.8 Å². The lowest BCUT2D eigenvalue weighted by Crippen LogP contribution is -2.15. The lowest BCUT2D eigenvalue weighted by atomic mass is 10.1. The topological polar surface area (TPSA) is 21.3 Å². The average molecular weight is 555 g/mol. The number of ether oxygens (including phenoxy) is 1. The van der Waals surface area contributed by atoms with Crippen LogP contribution in [0, 0.1) is 0 Å². The molecule has 9 heteroatoms. The fourth-order valence-corrected chi connectivity index (χ4v) is 4.92. The molecule has 0 aliphatic heterocycles. The van der Waals surface area contributed by atoms with Gasteiger partial charge in [0, 0.05) is 16.8 Å². The van der Waals surface area contributed by atoms with Gasteiger partial charge in [-0.05, 0) is 30.7 Å². The Bertz CT molecular complexity index is 936. The minimum Gasteiger partial charge on any atom is -0.494 e. The Morgan fingerprint density at radius 1 is 0.839 bits per heavy atom. The molecule has 2 aromatic rings. The summed E-state index contributed by atoms with van der Waals surface area (Å²) in [5, 5.41) is 3.68. The first-order valence-electron chi connectivity index (χ1n) is 9.91. The number of nitrogens with one attached hydrogen (secondary N) is 1. The summed E-state index contributed by atoms with van der Waals surface area (Å²) in [5.41, 5.74) is 1.52. The van der Waals surface area contributed by atoms with Crippen LogP contribution in [0.4, 0.5) is 5.69 Å². The third-order valence-electron chi connectivity index (χ3n) is 4.59. The highest BCUT2D eigenvalue weighted by atomic mass is 35.5. The molecule has 0 aromatic heterocycles. The predicted molar refractivity (Wildman–Crippen MR) is 148 cm³/mol. The van der Waals surface area contributed by atoms with Crippen molar-refractivity contribution >= 4 is 98.3 Å². The van der Waals surface area contributed by atoms with Crippen molar-refractivity contribution in [3.8, 4) is 5.75 Å². The quantitative estimate of drug-likeness (QED) is 0.0947. The minimum atomic E-state index is 0.109. The van der Waals surface area contributed by atoms with E-state index in [1.807, 2.05) is 24.3 Å². The highest BCUT2D eigenvalue weighted by Crippen LogP contribution is 2.42. The predicted octanol–water partition coefficient (Wildman–Crippen LogP) is 9.43. The molecule has 0 atom stereocenters. The van der Waals surface area contributed by atoms with Gasteiger partial charge in [-0.15, -0.1) is 12.6 Å². The Balaban J connectivity index is 2.03. The number of thiocarbonyl (C=S) groups is 2. The highest BCUT2D eigenvalue weighted by molar-refractivity contribution is 8.11. The van der Waals surface area contributed by atoms with E-state index < -0.39 is 0 Å². The van der Waals surface area contributed by atoms with Gasteiger partial charge >= 0.3 is 0 Å². The summed E-state index contributed by atoms with van der Waals surface area (Å²) >= 11 is 40.1. The molecule has 1 N–H and O–H groups in total. The van der Waals surface area contributed by atoms with Crippen LogP contribution in [0.25, 0.3) is 0 Å². The van der Waals surface area contributed by atoms with Crippen LogP contribution in [0.3, 0.4) is 0 Å². The second-order valence-corrected chi connectivity index (χ2v) is 9.98. The van der Waals surface area contributed by atoms with Crippen molar-refractivity contribution in [1.82, 2.24) is 0 Å². The Morgan fingerprint density at radius 2 is 1.39 bits per heavy atom. The zero-order valence-electron chi connectivity index (χ0n) is 16.9. The summed E-state index contributed by atoms with van der Waals surface area (Å²) < 4.78 is 6.02. The van der Waals surface area contributed by atoms with E-state index >= 15 is 0 Å². The summed E-state index contributed by atoms with van der Waals surface area (Å²) in [6.45, 7) is 2.92. The molecule has 0 aliphatic rings. The molecule has 0 saturated heterocycles. The molecule has 2 aromatic carbocycles. The molecule has 168 valence electrons. The van der Waals surface area contributed by atoms with Crippen LogP contribution in [-0.2, 0) is 0 Å². The molecular weight excluding hydrogens is 532 g/mol. The van der Waals surface area contributed by atoms with Gasteiger partial charge < -0.3 is 10.1 Å². The van der Waals surface area contributed by atoms with Crippen LogP contribution in [0.15, 0.2) is 24.3 Å². The Morgan fingerprint density at radius 3 is 1.97 bits per heavy atom. The zero-order valence-corrected chi connectivity index (χ0v) is 22.5. The first kappa shape index (κ1) is 27.0. The van der Waals surface area contributed by atoms with Crippen molar-refractivity contribution in [2.45, 2.75) is 45.4 Å². The Labute approximate surface area is 220 Å². The number of unbranched alkanes of at least 4 members (excludes halogenated alkanes) is 5. The lowest BCUT2D eigenvalue weighted by molar-refractivity contribution is 0.304. The van der Waals surface area contributed by atoms with Crippen LogP contribution >= 0.6 is 83.5 Å². The largest absolute Gasteiger partial charge is 0.494 e. The summed E-state index contributed by atoms with van der Waals surface area (Å²) in [6, 6.07) is 7.51. The van der Waals surface area contributed by atoms with Gasteiger partial charge in [-0.2, -0.15) is 0 Å². The van der Waals surface area contributed by atoms with Gasteiger partial charge in [0.05, 0.1) is 30.9 Å². The van der Waals surface area contributed by atoms with Crippen LogP contribution in [0.1, 0.15) is 56.6 Å². The summed E-state index contributed by atoms with van der Waals surface area (Å²) in [4.78, 5) is 0.303. The molecule has 0 unspecified atom stereocenters. The van der Waals surface area contributed by atoms with Crippen molar-refractivity contribution in [1.29, 1.82) is 0 Å². The molecule has 2 nitrogen and oxygen atoms in total. The van der Waals surface area contributed by atoms with Crippen LogP contribution in [0.5, 0.6) is 5.75 Å². The van der Waals surface area contributed by atoms with Gasteiger partial charge in [0.15, 0.2) is 0 Å². The smallest absolute Gasteiger partial charge is 0.119 e. The van der Waals surface area contributed by atoms with Gasteiger partial charge in [0.25, 0.3) is 0 Å².